The van der Waals surface area contributed by atoms with E-state index in [1.165, 1.54) is 5.39 Å². The summed E-state index contributed by atoms with van der Waals surface area (Å²) in [5.41, 5.74) is 16.5. The zero-order valence-corrected chi connectivity index (χ0v) is 10.6. The van der Waals surface area contributed by atoms with Crippen LogP contribution < -0.4 is 11.5 Å². The molecule has 3 aromatic rings. The second-order valence-corrected chi connectivity index (χ2v) is 4.72. The lowest BCUT2D eigenvalue weighted by molar-refractivity contribution is 0.874. The summed E-state index contributed by atoms with van der Waals surface area (Å²) in [5.74, 6) is 0. The van der Waals surface area contributed by atoms with Crippen LogP contribution in [0, 0.1) is 0 Å². The van der Waals surface area contributed by atoms with E-state index in [-0.39, 0.29) is 6.04 Å². The Morgan fingerprint density at radius 2 is 1.89 bits per heavy atom. The molecule has 0 aliphatic heterocycles. The zero-order valence-electron chi connectivity index (χ0n) is 10.6. The topological polar surface area (TPSA) is 67.8 Å². The van der Waals surface area contributed by atoms with Crippen molar-refractivity contribution in [3.8, 4) is 0 Å². The Kier molecular flexibility index (Phi) is 3.07. The third kappa shape index (κ3) is 2.14. The monoisotopic (exact) mass is 251 g/mol. The molecule has 0 spiro atoms. The van der Waals surface area contributed by atoms with E-state index >= 15 is 0 Å². The summed E-state index contributed by atoms with van der Waals surface area (Å²) < 4.78 is 0. The molecule has 1 aromatic heterocycles. The molecule has 3 heteroatoms. The number of rotatable bonds is 3. The third-order valence-corrected chi connectivity index (χ3v) is 3.50. The molecular weight excluding hydrogens is 234 g/mol. The van der Waals surface area contributed by atoms with Gasteiger partial charge in [0.05, 0.1) is 6.04 Å². The van der Waals surface area contributed by atoms with Gasteiger partial charge >= 0.3 is 0 Å². The van der Waals surface area contributed by atoms with Gasteiger partial charge in [-0.15, -0.1) is 0 Å². The van der Waals surface area contributed by atoms with Crippen LogP contribution in [0.15, 0.2) is 54.7 Å². The minimum atomic E-state index is -0.136. The number of hydrogen-bond donors (Lipinski definition) is 3. The van der Waals surface area contributed by atoms with E-state index in [9.17, 15) is 0 Å². The lowest BCUT2D eigenvalue weighted by Crippen LogP contribution is -2.12. The molecule has 1 atom stereocenters. The molecule has 5 N–H and O–H groups in total. The normalized spacial score (nSPS) is 12.7. The average molecular weight is 251 g/mol. The predicted molar refractivity (Wildman–Crippen MR) is 78.7 cm³/mol. The van der Waals surface area contributed by atoms with Crippen LogP contribution in [-0.2, 0) is 6.54 Å². The van der Waals surface area contributed by atoms with Gasteiger partial charge in [-0.1, -0.05) is 42.5 Å². The van der Waals surface area contributed by atoms with Crippen LogP contribution in [-0.4, -0.2) is 4.98 Å². The first-order chi connectivity index (χ1) is 9.29. The average Bonchev–Trinajstić information content (AvgIpc) is 2.90. The van der Waals surface area contributed by atoms with E-state index in [0.29, 0.717) is 6.54 Å². The van der Waals surface area contributed by atoms with Crippen molar-refractivity contribution in [2.75, 3.05) is 0 Å². The van der Waals surface area contributed by atoms with E-state index in [4.69, 9.17) is 11.5 Å². The number of aromatic nitrogens is 1. The first-order valence-corrected chi connectivity index (χ1v) is 6.40. The van der Waals surface area contributed by atoms with Crippen molar-refractivity contribution in [3.63, 3.8) is 0 Å². The highest BCUT2D eigenvalue weighted by Crippen LogP contribution is 2.27. The Balaban J connectivity index is 2.05. The van der Waals surface area contributed by atoms with Gasteiger partial charge in [-0.25, -0.2) is 0 Å². The van der Waals surface area contributed by atoms with Gasteiger partial charge < -0.3 is 16.5 Å². The molecule has 0 aliphatic carbocycles. The molecule has 3 nitrogen and oxygen atoms in total. The molecule has 0 saturated heterocycles. The summed E-state index contributed by atoms with van der Waals surface area (Å²) in [7, 11) is 0. The van der Waals surface area contributed by atoms with E-state index in [1.54, 1.807) is 0 Å². The van der Waals surface area contributed by atoms with E-state index in [0.717, 1.165) is 22.2 Å². The Labute approximate surface area is 112 Å². The van der Waals surface area contributed by atoms with Crippen LogP contribution in [0.4, 0.5) is 0 Å². The number of benzene rings is 2. The SMILES string of the molecule is NCc1cccc(C(N)c2c[nH]c3ccccc23)c1. The van der Waals surface area contributed by atoms with Gasteiger partial charge in [-0.3, -0.25) is 0 Å². The van der Waals surface area contributed by atoms with Crippen molar-refractivity contribution in [2.45, 2.75) is 12.6 Å². The zero-order chi connectivity index (χ0) is 13.2. The van der Waals surface area contributed by atoms with Gasteiger partial charge in [0.15, 0.2) is 0 Å². The smallest absolute Gasteiger partial charge is 0.0572 e. The molecule has 1 unspecified atom stereocenters. The lowest BCUT2D eigenvalue weighted by Gasteiger charge is -2.12. The van der Waals surface area contributed by atoms with E-state index < -0.39 is 0 Å². The molecule has 19 heavy (non-hydrogen) atoms. The molecule has 0 radical (unpaired) electrons. The second kappa shape index (κ2) is 4.88. The van der Waals surface area contributed by atoms with Crippen molar-refractivity contribution in [2.24, 2.45) is 11.5 Å². The molecule has 0 fully saturated rings. The number of nitrogens with one attached hydrogen (secondary N) is 1. The van der Waals surface area contributed by atoms with E-state index in [1.807, 2.05) is 36.5 Å². The molecule has 0 amide bonds. The molecule has 2 aromatic carbocycles. The molecule has 96 valence electrons. The Morgan fingerprint density at radius 1 is 1.05 bits per heavy atom. The van der Waals surface area contributed by atoms with Crippen LogP contribution in [0.5, 0.6) is 0 Å². The molecule has 3 rings (SSSR count). The molecule has 0 bridgehead atoms. The van der Waals surface area contributed by atoms with Crippen molar-refractivity contribution in [1.82, 2.24) is 4.98 Å². The molecular formula is C16H17N3. The van der Waals surface area contributed by atoms with Gasteiger partial charge in [-0.05, 0) is 22.8 Å². The lowest BCUT2D eigenvalue weighted by atomic mass is 9.97. The number of hydrogen-bond acceptors (Lipinski definition) is 2. The summed E-state index contributed by atoms with van der Waals surface area (Å²) >= 11 is 0. The Bertz CT molecular complexity index is 700. The summed E-state index contributed by atoms with van der Waals surface area (Å²) in [6, 6.07) is 16.2. The largest absolute Gasteiger partial charge is 0.361 e. The fourth-order valence-corrected chi connectivity index (χ4v) is 2.44. The highest BCUT2D eigenvalue weighted by Gasteiger charge is 2.13. The number of nitrogens with two attached hydrogens (primary N) is 2. The van der Waals surface area contributed by atoms with Crippen molar-refractivity contribution in [1.29, 1.82) is 0 Å². The van der Waals surface area contributed by atoms with Gasteiger partial charge in [0.25, 0.3) is 0 Å². The van der Waals surface area contributed by atoms with Gasteiger partial charge in [0.1, 0.15) is 0 Å². The first-order valence-electron chi connectivity index (χ1n) is 6.40. The van der Waals surface area contributed by atoms with Crippen LogP contribution in [0.2, 0.25) is 0 Å². The quantitative estimate of drug-likeness (QED) is 0.670. The van der Waals surface area contributed by atoms with E-state index in [2.05, 4.69) is 23.2 Å². The van der Waals surface area contributed by atoms with Crippen LogP contribution in [0.1, 0.15) is 22.7 Å². The third-order valence-electron chi connectivity index (χ3n) is 3.50. The number of aromatic amines is 1. The Hall–Kier alpha value is -2.10. The van der Waals surface area contributed by atoms with Crippen molar-refractivity contribution >= 4 is 10.9 Å². The minimum Gasteiger partial charge on any atom is -0.361 e. The first kappa shape index (κ1) is 12.0. The van der Waals surface area contributed by atoms with Crippen LogP contribution in [0.3, 0.4) is 0 Å². The van der Waals surface area contributed by atoms with Crippen molar-refractivity contribution < 1.29 is 0 Å². The maximum absolute atomic E-state index is 6.39. The summed E-state index contributed by atoms with van der Waals surface area (Å²) in [6.45, 7) is 0.536. The minimum absolute atomic E-state index is 0.136. The maximum atomic E-state index is 6.39. The maximum Gasteiger partial charge on any atom is 0.0572 e. The number of fused-ring (bicyclic) bond motifs is 1. The van der Waals surface area contributed by atoms with Gasteiger partial charge in [-0.2, -0.15) is 0 Å². The fourth-order valence-electron chi connectivity index (χ4n) is 2.44. The summed E-state index contributed by atoms with van der Waals surface area (Å²) in [6.07, 6.45) is 1.99. The molecule has 0 saturated carbocycles. The second-order valence-electron chi connectivity index (χ2n) is 4.72. The number of H-pyrrole nitrogens is 1. The number of para-hydroxylation sites is 1. The van der Waals surface area contributed by atoms with Gasteiger partial charge in [0.2, 0.25) is 0 Å². The van der Waals surface area contributed by atoms with Crippen LogP contribution >= 0.6 is 0 Å². The highest BCUT2D eigenvalue weighted by molar-refractivity contribution is 5.84. The van der Waals surface area contributed by atoms with Gasteiger partial charge in [0, 0.05) is 23.6 Å². The summed E-state index contributed by atoms with van der Waals surface area (Å²) in [4.78, 5) is 3.26. The molecule has 1 heterocycles. The van der Waals surface area contributed by atoms with Crippen molar-refractivity contribution in [3.05, 3.63) is 71.4 Å². The molecule has 0 aliphatic rings. The highest BCUT2D eigenvalue weighted by atomic mass is 14.7. The van der Waals surface area contributed by atoms with Crippen LogP contribution in [0.25, 0.3) is 10.9 Å². The fraction of sp³-hybridized carbons (Fsp3) is 0.125. The Morgan fingerprint density at radius 3 is 2.74 bits per heavy atom. The summed E-state index contributed by atoms with van der Waals surface area (Å²) in [5, 5.41) is 1.17. The predicted octanol–water partition coefficient (Wildman–Crippen LogP) is 2.67. The standard InChI is InChI=1S/C16H17N3/c17-9-11-4-3-5-12(8-11)16(18)14-10-19-15-7-2-1-6-13(14)15/h1-8,10,16,19H,9,17-18H2.